The molecule has 3 aromatic rings. The van der Waals surface area contributed by atoms with Crippen molar-refractivity contribution in [2.75, 3.05) is 17.8 Å². The third kappa shape index (κ3) is 4.83. The van der Waals surface area contributed by atoms with E-state index in [4.69, 9.17) is 4.74 Å². The molecule has 158 valence electrons. The first-order chi connectivity index (χ1) is 14.5. The minimum atomic E-state index is -3.71. The average Bonchev–Trinajstić information content (AvgIpc) is 3.27. The highest BCUT2D eigenvalue weighted by Crippen LogP contribution is 2.27. The number of nitrogens with one attached hydrogen (secondary N) is 1. The van der Waals surface area contributed by atoms with E-state index in [0.717, 1.165) is 25.9 Å². The Morgan fingerprint density at radius 2 is 1.77 bits per heavy atom. The Kier molecular flexibility index (Phi) is 6.06. The fourth-order valence-electron chi connectivity index (χ4n) is 3.67. The lowest BCUT2D eigenvalue weighted by atomic mass is 10.0. The van der Waals surface area contributed by atoms with Gasteiger partial charge < -0.3 is 9.26 Å². The van der Waals surface area contributed by atoms with Crippen molar-refractivity contribution in [3.05, 3.63) is 72.5 Å². The van der Waals surface area contributed by atoms with Gasteiger partial charge in [-0.1, -0.05) is 35.5 Å². The molecule has 1 N–H and O–H groups in total. The van der Waals surface area contributed by atoms with E-state index >= 15 is 0 Å². The Morgan fingerprint density at radius 3 is 2.40 bits per heavy atom. The van der Waals surface area contributed by atoms with Crippen LogP contribution in [0.5, 0.6) is 5.75 Å². The second-order valence-electron chi connectivity index (χ2n) is 7.40. The number of ether oxygens (including phenoxy) is 1. The first-order valence-corrected chi connectivity index (χ1v) is 11.5. The SMILES string of the molecule is CC(c1ccccc1)N1CCC(Oc2ccc(S(=O)(=O)Nc3ccon3)cc2)CC1. The second kappa shape index (κ2) is 8.89. The summed E-state index contributed by atoms with van der Waals surface area (Å²) in [7, 11) is -3.71. The number of hydrogen-bond acceptors (Lipinski definition) is 6. The number of likely N-dealkylation sites (tertiary alicyclic amines) is 1. The summed E-state index contributed by atoms with van der Waals surface area (Å²) in [6, 6.07) is 18.8. The van der Waals surface area contributed by atoms with Crippen LogP contribution < -0.4 is 9.46 Å². The predicted octanol–water partition coefficient (Wildman–Crippen LogP) is 4.08. The number of benzene rings is 2. The smallest absolute Gasteiger partial charge is 0.263 e. The number of sulfonamides is 1. The number of piperidine rings is 1. The number of anilines is 1. The van der Waals surface area contributed by atoms with E-state index in [1.165, 1.54) is 30.0 Å². The Bertz CT molecular complexity index is 1030. The van der Waals surface area contributed by atoms with Gasteiger partial charge in [0.05, 0.1) is 4.90 Å². The molecule has 1 aliphatic heterocycles. The third-order valence-corrected chi connectivity index (χ3v) is 6.79. The lowest BCUT2D eigenvalue weighted by molar-refractivity contribution is 0.0797. The van der Waals surface area contributed by atoms with Gasteiger partial charge in [0.1, 0.15) is 18.1 Å². The Labute approximate surface area is 176 Å². The molecule has 1 atom stereocenters. The van der Waals surface area contributed by atoms with Gasteiger partial charge in [-0.3, -0.25) is 9.62 Å². The summed E-state index contributed by atoms with van der Waals surface area (Å²) in [5, 5.41) is 3.57. The molecular weight excluding hydrogens is 402 g/mol. The Morgan fingerprint density at radius 1 is 1.07 bits per heavy atom. The molecule has 30 heavy (non-hydrogen) atoms. The molecule has 0 spiro atoms. The zero-order valence-corrected chi connectivity index (χ0v) is 17.6. The molecule has 2 aromatic carbocycles. The van der Waals surface area contributed by atoms with E-state index in [2.05, 4.69) is 50.5 Å². The first kappa shape index (κ1) is 20.4. The zero-order valence-electron chi connectivity index (χ0n) is 16.8. The van der Waals surface area contributed by atoms with Crippen LogP contribution in [0, 0.1) is 0 Å². The van der Waals surface area contributed by atoms with E-state index in [-0.39, 0.29) is 16.8 Å². The molecule has 1 aliphatic rings. The molecule has 2 heterocycles. The van der Waals surface area contributed by atoms with Crippen molar-refractivity contribution in [3.8, 4) is 5.75 Å². The molecule has 4 rings (SSSR count). The van der Waals surface area contributed by atoms with Crippen molar-refractivity contribution in [1.29, 1.82) is 0 Å². The number of rotatable bonds is 7. The topological polar surface area (TPSA) is 84.7 Å². The highest BCUT2D eigenvalue weighted by Gasteiger charge is 2.24. The van der Waals surface area contributed by atoms with Crippen LogP contribution in [-0.4, -0.2) is 37.7 Å². The maximum atomic E-state index is 12.4. The van der Waals surface area contributed by atoms with Gasteiger partial charge in [-0.05, 0) is 49.6 Å². The van der Waals surface area contributed by atoms with E-state index in [1.807, 2.05) is 6.07 Å². The molecule has 0 radical (unpaired) electrons. The van der Waals surface area contributed by atoms with E-state index < -0.39 is 10.0 Å². The minimum absolute atomic E-state index is 0.125. The minimum Gasteiger partial charge on any atom is -0.490 e. The van der Waals surface area contributed by atoms with Gasteiger partial charge in [0.15, 0.2) is 5.82 Å². The van der Waals surface area contributed by atoms with Crippen molar-refractivity contribution in [1.82, 2.24) is 10.1 Å². The molecule has 0 aliphatic carbocycles. The highest BCUT2D eigenvalue weighted by molar-refractivity contribution is 7.92. The van der Waals surface area contributed by atoms with Crippen LogP contribution in [0.4, 0.5) is 5.82 Å². The fourth-order valence-corrected chi connectivity index (χ4v) is 4.67. The number of hydrogen-bond donors (Lipinski definition) is 1. The second-order valence-corrected chi connectivity index (χ2v) is 9.08. The molecular formula is C22H25N3O4S. The van der Waals surface area contributed by atoms with Crippen molar-refractivity contribution in [2.24, 2.45) is 0 Å². The summed E-state index contributed by atoms with van der Waals surface area (Å²) >= 11 is 0. The number of nitrogens with zero attached hydrogens (tertiary/aromatic N) is 2. The van der Waals surface area contributed by atoms with Gasteiger partial charge in [0, 0.05) is 25.2 Å². The molecule has 7 nitrogen and oxygen atoms in total. The summed E-state index contributed by atoms with van der Waals surface area (Å²) in [4.78, 5) is 2.62. The lowest BCUT2D eigenvalue weighted by Crippen LogP contribution is -2.39. The predicted molar refractivity (Wildman–Crippen MR) is 114 cm³/mol. The molecule has 8 heteroatoms. The van der Waals surface area contributed by atoms with E-state index in [0.29, 0.717) is 11.8 Å². The summed E-state index contributed by atoms with van der Waals surface area (Å²) in [5.74, 6) is 0.816. The molecule has 1 fully saturated rings. The van der Waals surface area contributed by atoms with Gasteiger partial charge in [-0.2, -0.15) is 0 Å². The molecule has 1 aromatic heterocycles. The van der Waals surface area contributed by atoms with Gasteiger partial charge >= 0.3 is 0 Å². The number of aromatic nitrogens is 1. The maximum absolute atomic E-state index is 12.4. The largest absolute Gasteiger partial charge is 0.490 e. The maximum Gasteiger partial charge on any atom is 0.263 e. The van der Waals surface area contributed by atoms with Crippen LogP contribution in [0.1, 0.15) is 31.4 Å². The van der Waals surface area contributed by atoms with Crippen molar-refractivity contribution in [3.63, 3.8) is 0 Å². The fraction of sp³-hybridized carbons (Fsp3) is 0.318. The molecule has 0 amide bonds. The van der Waals surface area contributed by atoms with E-state index in [1.54, 1.807) is 12.1 Å². The first-order valence-electron chi connectivity index (χ1n) is 10.0. The van der Waals surface area contributed by atoms with Crippen LogP contribution in [0.3, 0.4) is 0 Å². The molecule has 0 bridgehead atoms. The quantitative estimate of drug-likeness (QED) is 0.612. The monoisotopic (exact) mass is 427 g/mol. The van der Waals surface area contributed by atoms with Gasteiger partial charge in [0.2, 0.25) is 0 Å². The Hall–Kier alpha value is -2.84. The van der Waals surface area contributed by atoms with Crippen LogP contribution in [-0.2, 0) is 10.0 Å². The standard InChI is InChI=1S/C22H25N3O4S/c1-17(18-5-3-2-4-6-18)25-14-11-20(12-15-25)29-19-7-9-21(10-8-19)30(26,27)24-22-13-16-28-23-22/h2-10,13,16-17,20H,11-12,14-15H2,1H3,(H,23,24). The summed E-state index contributed by atoms with van der Waals surface area (Å²) in [6.45, 7) is 4.17. The van der Waals surface area contributed by atoms with Gasteiger partial charge in [-0.15, -0.1) is 0 Å². The van der Waals surface area contributed by atoms with Crippen LogP contribution in [0.25, 0.3) is 0 Å². The zero-order chi connectivity index (χ0) is 21.0. The Balaban J connectivity index is 1.31. The van der Waals surface area contributed by atoms with Crippen LogP contribution in [0.2, 0.25) is 0 Å². The average molecular weight is 428 g/mol. The van der Waals surface area contributed by atoms with Crippen molar-refractivity contribution < 1.29 is 17.7 Å². The summed E-state index contributed by atoms with van der Waals surface area (Å²) < 4.78 is 37.9. The lowest BCUT2D eigenvalue weighted by Gasteiger charge is -2.36. The van der Waals surface area contributed by atoms with Crippen molar-refractivity contribution in [2.45, 2.75) is 36.8 Å². The van der Waals surface area contributed by atoms with Crippen LogP contribution in [0.15, 0.2) is 76.3 Å². The molecule has 0 saturated carbocycles. The van der Waals surface area contributed by atoms with Crippen LogP contribution >= 0.6 is 0 Å². The van der Waals surface area contributed by atoms with E-state index in [9.17, 15) is 8.42 Å². The summed E-state index contributed by atoms with van der Waals surface area (Å²) in [5.41, 5.74) is 1.33. The van der Waals surface area contributed by atoms with Crippen molar-refractivity contribution >= 4 is 15.8 Å². The molecule has 1 saturated heterocycles. The normalized spacial score (nSPS) is 16.8. The third-order valence-electron chi connectivity index (χ3n) is 5.42. The van der Waals surface area contributed by atoms with Gasteiger partial charge in [-0.25, -0.2) is 8.42 Å². The highest BCUT2D eigenvalue weighted by atomic mass is 32.2. The van der Waals surface area contributed by atoms with Gasteiger partial charge in [0.25, 0.3) is 10.0 Å². The summed E-state index contributed by atoms with van der Waals surface area (Å²) in [6.07, 6.45) is 3.30. The molecule has 1 unspecified atom stereocenters.